The number of benzene rings is 1. The van der Waals surface area contributed by atoms with Gasteiger partial charge in [0.25, 0.3) is 0 Å². The summed E-state index contributed by atoms with van der Waals surface area (Å²) < 4.78 is 5.51. The predicted molar refractivity (Wildman–Crippen MR) is 74.7 cm³/mol. The van der Waals surface area contributed by atoms with Crippen LogP contribution in [-0.4, -0.2) is 18.6 Å². The molecule has 1 unspecified atom stereocenters. The molecule has 0 radical (unpaired) electrons. The fourth-order valence-corrected chi connectivity index (χ4v) is 1.49. The topological polar surface area (TPSA) is 62.1 Å². The molecule has 19 heavy (non-hydrogen) atoms. The van der Waals surface area contributed by atoms with Gasteiger partial charge in [-0.2, -0.15) is 5.26 Å². The Hall–Kier alpha value is -1.86. The van der Waals surface area contributed by atoms with E-state index in [-0.39, 0.29) is 12.0 Å². The van der Waals surface area contributed by atoms with Crippen LogP contribution in [0.4, 0.5) is 5.69 Å². The average Bonchev–Trinajstić information content (AvgIpc) is 2.44. The number of rotatable bonds is 7. The first-order chi connectivity index (χ1) is 9.15. The third-order valence-electron chi connectivity index (χ3n) is 2.82. The van der Waals surface area contributed by atoms with Gasteiger partial charge in [-0.05, 0) is 44.0 Å². The van der Waals surface area contributed by atoms with E-state index in [9.17, 15) is 4.79 Å². The van der Waals surface area contributed by atoms with Gasteiger partial charge in [0.2, 0.25) is 5.91 Å². The summed E-state index contributed by atoms with van der Waals surface area (Å²) in [5.41, 5.74) is 1.30. The molecule has 0 heterocycles. The fraction of sp³-hybridized carbons (Fsp3) is 0.467. The quantitative estimate of drug-likeness (QED) is 0.766. The van der Waals surface area contributed by atoms with E-state index in [0.29, 0.717) is 30.7 Å². The van der Waals surface area contributed by atoms with Crippen molar-refractivity contribution in [2.45, 2.75) is 39.2 Å². The highest BCUT2D eigenvalue weighted by Crippen LogP contribution is 2.09. The molecule has 4 heteroatoms. The molecule has 1 atom stereocenters. The van der Waals surface area contributed by atoms with Gasteiger partial charge in [0.15, 0.2) is 0 Å². The van der Waals surface area contributed by atoms with E-state index in [1.54, 1.807) is 24.3 Å². The number of ether oxygens (including phenoxy) is 1. The van der Waals surface area contributed by atoms with Crippen LogP contribution in [0.2, 0.25) is 0 Å². The number of anilines is 1. The predicted octanol–water partition coefficient (Wildman–Crippen LogP) is 3.09. The Bertz CT molecular complexity index is 434. The summed E-state index contributed by atoms with van der Waals surface area (Å²) in [6.07, 6.45) is 2.39. The van der Waals surface area contributed by atoms with Gasteiger partial charge < -0.3 is 10.1 Å². The highest BCUT2D eigenvalue weighted by atomic mass is 16.5. The number of carbonyl (C=O) groups is 1. The summed E-state index contributed by atoms with van der Waals surface area (Å²) in [4.78, 5) is 11.6. The number of hydrogen-bond acceptors (Lipinski definition) is 3. The van der Waals surface area contributed by atoms with Gasteiger partial charge in [0.1, 0.15) is 0 Å². The van der Waals surface area contributed by atoms with Crippen molar-refractivity contribution in [3.05, 3.63) is 29.8 Å². The molecule has 1 aromatic rings. The molecule has 102 valence electrons. The number of hydrogen-bond donors (Lipinski definition) is 1. The lowest BCUT2D eigenvalue weighted by molar-refractivity contribution is -0.116. The van der Waals surface area contributed by atoms with E-state index >= 15 is 0 Å². The Morgan fingerprint density at radius 3 is 2.68 bits per heavy atom. The van der Waals surface area contributed by atoms with Crippen LogP contribution in [0.1, 0.15) is 38.7 Å². The van der Waals surface area contributed by atoms with Crippen LogP contribution in [0.25, 0.3) is 0 Å². The van der Waals surface area contributed by atoms with E-state index < -0.39 is 0 Å². The van der Waals surface area contributed by atoms with Crippen LogP contribution in [0.5, 0.6) is 0 Å². The van der Waals surface area contributed by atoms with Crippen molar-refractivity contribution >= 4 is 11.6 Å². The molecule has 1 rings (SSSR count). The van der Waals surface area contributed by atoms with Crippen LogP contribution in [-0.2, 0) is 9.53 Å². The minimum absolute atomic E-state index is 0.0301. The van der Waals surface area contributed by atoms with Crippen molar-refractivity contribution in [1.82, 2.24) is 0 Å². The standard InChI is InChI=1S/C15H20N2O2/c1-3-12(2)19-10-4-5-15(18)17-14-8-6-13(11-16)7-9-14/h6-9,12H,3-5,10H2,1-2H3,(H,17,18). The van der Waals surface area contributed by atoms with Crippen molar-refractivity contribution in [1.29, 1.82) is 5.26 Å². The minimum Gasteiger partial charge on any atom is -0.379 e. The molecule has 0 aliphatic carbocycles. The summed E-state index contributed by atoms with van der Waals surface area (Å²) in [6, 6.07) is 8.86. The number of nitrogens with one attached hydrogen (secondary N) is 1. The number of carbonyl (C=O) groups excluding carboxylic acids is 1. The Labute approximate surface area is 114 Å². The SMILES string of the molecule is CCC(C)OCCCC(=O)Nc1ccc(C#N)cc1. The van der Waals surface area contributed by atoms with Gasteiger partial charge in [-0.25, -0.2) is 0 Å². The maximum atomic E-state index is 11.6. The second kappa shape index (κ2) is 8.28. The van der Waals surface area contributed by atoms with Crippen LogP contribution in [0.3, 0.4) is 0 Å². The zero-order chi connectivity index (χ0) is 14.1. The van der Waals surface area contributed by atoms with Crippen LogP contribution < -0.4 is 5.32 Å². The minimum atomic E-state index is -0.0301. The maximum absolute atomic E-state index is 11.6. The van der Waals surface area contributed by atoms with E-state index in [1.165, 1.54) is 0 Å². The Morgan fingerprint density at radius 1 is 1.42 bits per heavy atom. The number of nitriles is 1. The smallest absolute Gasteiger partial charge is 0.224 e. The Kier molecular flexibility index (Phi) is 6.62. The fourth-order valence-electron chi connectivity index (χ4n) is 1.49. The van der Waals surface area contributed by atoms with Gasteiger partial charge in [-0.15, -0.1) is 0 Å². The molecule has 0 spiro atoms. The highest BCUT2D eigenvalue weighted by Gasteiger charge is 2.03. The summed E-state index contributed by atoms with van der Waals surface area (Å²) in [7, 11) is 0. The van der Waals surface area contributed by atoms with Gasteiger partial charge in [0, 0.05) is 18.7 Å². The molecule has 0 saturated heterocycles. The zero-order valence-electron chi connectivity index (χ0n) is 11.5. The monoisotopic (exact) mass is 260 g/mol. The Balaban J connectivity index is 2.25. The summed E-state index contributed by atoms with van der Waals surface area (Å²) in [5.74, 6) is -0.0301. The molecule has 0 fully saturated rings. The van der Waals surface area contributed by atoms with Crippen LogP contribution >= 0.6 is 0 Å². The summed E-state index contributed by atoms with van der Waals surface area (Å²) in [6.45, 7) is 4.70. The maximum Gasteiger partial charge on any atom is 0.224 e. The first-order valence-corrected chi connectivity index (χ1v) is 6.57. The molecular formula is C15H20N2O2. The van der Waals surface area contributed by atoms with E-state index in [1.807, 2.05) is 13.0 Å². The van der Waals surface area contributed by atoms with Gasteiger partial charge in [0.05, 0.1) is 17.7 Å². The van der Waals surface area contributed by atoms with Gasteiger partial charge >= 0.3 is 0 Å². The Morgan fingerprint density at radius 2 is 2.11 bits per heavy atom. The summed E-state index contributed by atoms with van der Waals surface area (Å²) >= 11 is 0. The second-order valence-electron chi connectivity index (χ2n) is 4.43. The lowest BCUT2D eigenvalue weighted by Crippen LogP contribution is -2.13. The molecule has 4 nitrogen and oxygen atoms in total. The first kappa shape index (κ1) is 15.2. The summed E-state index contributed by atoms with van der Waals surface area (Å²) in [5, 5.41) is 11.5. The number of amides is 1. The molecule has 1 N–H and O–H groups in total. The van der Waals surface area contributed by atoms with Gasteiger partial charge in [-0.1, -0.05) is 6.92 Å². The van der Waals surface area contributed by atoms with Crippen molar-refractivity contribution < 1.29 is 9.53 Å². The van der Waals surface area contributed by atoms with Crippen LogP contribution in [0.15, 0.2) is 24.3 Å². The molecule has 0 bridgehead atoms. The lowest BCUT2D eigenvalue weighted by atomic mass is 10.2. The lowest BCUT2D eigenvalue weighted by Gasteiger charge is -2.10. The highest BCUT2D eigenvalue weighted by molar-refractivity contribution is 5.90. The third kappa shape index (κ3) is 6.03. The molecule has 0 aromatic heterocycles. The van der Waals surface area contributed by atoms with E-state index in [0.717, 1.165) is 6.42 Å². The van der Waals surface area contributed by atoms with Crippen molar-refractivity contribution in [2.75, 3.05) is 11.9 Å². The largest absolute Gasteiger partial charge is 0.379 e. The average molecular weight is 260 g/mol. The van der Waals surface area contributed by atoms with Crippen LogP contribution in [0, 0.1) is 11.3 Å². The van der Waals surface area contributed by atoms with Crippen molar-refractivity contribution in [2.24, 2.45) is 0 Å². The number of nitrogens with zero attached hydrogens (tertiary/aromatic N) is 1. The third-order valence-corrected chi connectivity index (χ3v) is 2.82. The van der Waals surface area contributed by atoms with Crippen molar-refractivity contribution in [3.63, 3.8) is 0 Å². The normalized spacial score (nSPS) is 11.6. The van der Waals surface area contributed by atoms with E-state index in [2.05, 4.69) is 12.2 Å². The second-order valence-corrected chi connectivity index (χ2v) is 4.43. The molecule has 0 saturated carbocycles. The van der Waals surface area contributed by atoms with Crippen molar-refractivity contribution in [3.8, 4) is 6.07 Å². The molecule has 1 aromatic carbocycles. The van der Waals surface area contributed by atoms with E-state index in [4.69, 9.17) is 10.00 Å². The zero-order valence-corrected chi connectivity index (χ0v) is 11.5. The molecule has 0 aliphatic rings. The molecule has 1 amide bonds. The first-order valence-electron chi connectivity index (χ1n) is 6.57. The molecule has 0 aliphatic heterocycles. The van der Waals surface area contributed by atoms with Gasteiger partial charge in [-0.3, -0.25) is 4.79 Å². The molecular weight excluding hydrogens is 240 g/mol.